The normalized spacial score (nSPS) is 12.8. The summed E-state index contributed by atoms with van der Waals surface area (Å²) in [4.78, 5) is 0. The Bertz CT molecular complexity index is 271. The first-order valence-corrected chi connectivity index (χ1v) is 6.10. The van der Waals surface area contributed by atoms with E-state index in [9.17, 15) is 0 Å². The monoisotopic (exact) mass is 221 g/mol. The SMILES string of the molecule is CC(C)C(C)OCCCNc1ccccc1. The lowest BCUT2D eigenvalue weighted by atomic mass is 10.1. The summed E-state index contributed by atoms with van der Waals surface area (Å²) in [5.41, 5.74) is 1.18. The number of anilines is 1. The highest BCUT2D eigenvalue weighted by Gasteiger charge is 2.05. The van der Waals surface area contributed by atoms with E-state index in [4.69, 9.17) is 4.74 Å². The smallest absolute Gasteiger partial charge is 0.0569 e. The number of benzene rings is 1. The maximum atomic E-state index is 5.70. The largest absolute Gasteiger partial charge is 0.385 e. The molecule has 2 heteroatoms. The van der Waals surface area contributed by atoms with Gasteiger partial charge in [0, 0.05) is 18.8 Å². The molecule has 0 aliphatic rings. The first-order chi connectivity index (χ1) is 7.70. The summed E-state index contributed by atoms with van der Waals surface area (Å²) in [6.45, 7) is 8.31. The van der Waals surface area contributed by atoms with Crippen LogP contribution in [0.4, 0.5) is 5.69 Å². The van der Waals surface area contributed by atoms with Crippen LogP contribution in [0.5, 0.6) is 0 Å². The second-order valence-electron chi connectivity index (χ2n) is 4.47. The summed E-state index contributed by atoms with van der Waals surface area (Å²) in [7, 11) is 0. The Kier molecular flexibility index (Phi) is 5.94. The van der Waals surface area contributed by atoms with Gasteiger partial charge < -0.3 is 10.1 Å². The summed E-state index contributed by atoms with van der Waals surface area (Å²) < 4.78 is 5.70. The first-order valence-electron chi connectivity index (χ1n) is 6.10. The van der Waals surface area contributed by atoms with Crippen molar-refractivity contribution in [1.82, 2.24) is 0 Å². The highest BCUT2D eigenvalue weighted by molar-refractivity contribution is 5.42. The topological polar surface area (TPSA) is 21.3 Å². The van der Waals surface area contributed by atoms with Gasteiger partial charge in [0.1, 0.15) is 0 Å². The van der Waals surface area contributed by atoms with Gasteiger partial charge in [-0.3, -0.25) is 0 Å². The molecule has 0 aliphatic carbocycles. The Balaban J connectivity index is 2.04. The van der Waals surface area contributed by atoms with E-state index in [1.807, 2.05) is 18.2 Å². The molecule has 0 amide bonds. The molecule has 0 heterocycles. The van der Waals surface area contributed by atoms with Gasteiger partial charge >= 0.3 is 0 Å². The molecule has 0 fully saturated rings. The highest BCUT2D eigenvalue weighted by atomic mass is 16.5. The molecule has 1 N–H and O–H groups in total. The van der Waals surface area contributed by atoms with E-state index in [1.54, 1.807) is 0 Å². The van der Waals surface area contributed by atoms with E-state index in [2.05, 4.69) is 38.2 Å². The highest BCUT2D eigenvalue weighted by Crippen LogP contribution is 2.07. The summed E-state index contributed by atoms with van der Waals surface area (Å²) >= 11 is 0. The van der Waals surface area contributed by atoms with Crippen LogP contribution < -0.4 is 5.32 Å². The van der Waals surface area contributed by atoms with Crippen LogP contribution in [0, 0.1) is 5.92 Å². The number of ether oxygens (including phenoxy) is 1. The quantitative estimate of drug-likeness (QED) is 0.711. The van der Waals surface area contributed by atoms with Gasteiger partial charge in [-0.25, -0.2) is 0 Å². The number of hydrogen-bond donors (Lipinski definition) is 1. The third-order valence-corrected chi connectivity index (χ3v) is 2.74. The second kappa shape index (κ2) is 7.29. The Morgan fingerprint density at radius 3 is 2.44 bits per heavy atom. The summed E-state index contributed by atoms with van der Waals surface area (Å²) in [5, 5.41) is 3.37. The fraction of sp³-hybridized carbons (Fsp3) is 0.571. The zero-order valence-corrected chi connectivity index (χ0v) is 10.6. The van der Waals surface area contributed by atoms with E-state index in [1.165, 1.54) is 5.69 Å². The molecule has 0 aliphatic heterocycles. The number of para-hydroxylation sites is 1. The molecule has 1 unspecified atom stereocenters. The maximum Gasteiger partial charge on any atom is 0.0569 e. The number of hydrogen-bond acceptors (Lipinski definition) is 2. The lowest BCUT2D eigenvalue weighted by Gasteiger charge is -2.16. The Morgan fingerprint density at radius 1 is 1.12 bits per heavy atom. The average Bonchev–Trinajstić information content (AvgIpc) is 2.29. The molecular weight excluding hydrogens is 198 g/mol. The van der Waals surface area contributed by atoms with Crippen molar-refractivity contribution in [3.63, 3.8) is 0 Å². The molecule has 0 radical (unpaired) electrons. The van der Waals surface area contributed by atoms with Crippen molar-refractivity contribution >= 4 is 5.69 Å². The van der Waals surface area contributed by atoms with Gasteiger partial charge in [-0.1, -0.05) is 32.0 Å². The molecule has 2 nitrogen and oxygen atoms in total. The third-order valence-electron chi connectivity index (χ3n) is 2.74. The molecular formula is C14H23NO. The Hall–Kier alpha value is -1.02. The van der Waals surface area contributed by atoms with Gasteiger partial charge in [-0.05, 0) is 31.4 Å². The standard InChI is InChI=1S/C14H23NO/c1-12(2)13(3)16-11-7-10-15-14-8-5-4-6-9-14/h4-6,8-9,12-13,15H,7,10-11H2,1-3H3. The van der Waals surface area contributed by atoms with Crippen molar-refractivity contribution in [1.29, 1.82) is 0 Å². The molecule has 1 atom stereocenters. The van der Waals surface area contributed by atoms with Crippen molar-refractivity contribution in [3.05, 3.63) is 30.3 Å². The van der Waals surface area contributed by atoms with Crippen molar-refractivity contribution in [2.75, 3.05) is 18.5 Å². The minimum Gasteiger partial charge on any atom is -0.385 e. The molecule has 0 bridgehead atoms. The van der Waals surface area contributed by atoms with Gasteiger partial charge in [-0.15, -0.1) is 0 Å². The van der Waals surface area contributed by atoms with E-state index in [0.29, 0.717) is 12.0 Å². The molecule has 1 rings (SSSR count). The lowest BCUT2D eigenvalue weighted by Crippen LogP contribution is -2.17. The van der Waals surface area contributed by atoms with Gasteiger partial charge in [0.05, 0.1) is 6.10 Å². The van der Waals surface area contributed by atoms with E-state index >= 15 is 0 Å². The van der Waals surface area contributed by atoms with Crippen LogP contribution in [0.3, 0.4) is 0 Å². The van der Waals surface area contributed by atoms with Crippen molar-refractivity contribution in [3.8, 4) is 0 Å². The predicted octanol–water partition coefficient (Wildman–Crippen LogP) is 3.55. The van der Waals surface area contributed by atoms with Crippen LogP contribution in [0.25, 0.3) is 0 Å². The minimum atomic E-state index is 0.358. The van der Waals surface area contributed by atoms with E-state index < -0.39 is 0 Å². The van der Waals surface area contributed by atoms with Crippen LogP contribution in [0.15, 0.2) is 30.3 Å². The lowest BCUT2D eigenvalue weighted by molar-refractivity contribution is 0.0354. The van der Waals surface area contributed by atoms with Crippen LogP contribution in [-0.2, 0) is 4.74 Å². The third kappa shape index (κ3) is 5.17. The molecule has 0 saturated heterocycles. The van der Waals surface area contributed by atoms with E-state index in [0.717, 1.165) is 19.6 Å². The van der Waals surface area contributed by atoms with Crippen LogP contribution in [0.1, 0.15) is 27.2 Å². The zero-order valence-electron chi connectivity index (χ0n) is 10.6. The fourth-order valence-electron chi connectivity index (χ4n) is 1.32. The molecule has 0 aromatic heterocycles. The Morgan fingerprint density at radius 2 is 1.81 bits per heavy atom. The number of rotatable bonds is 7. The molecule has 90 valence electrons. The van der Waals surface area contributed by atoms with Crippen molar-refractivity contribution in [2.24, 2.45) is 5.92 Å². The molecule has 16 heavy (non-hydrogen) atoms. The molecule has 0 saturated carbocycles. The maximum absolute atomic E-state index is 5.70. The summed E-state index contributed by atoms with van der Waals surface area (Å²) in [6, 6.07) is 10.3. The molecule has 1 aromatic rings. The fourth-order valence-corrected chi connectivity index (χ4v) is 1.32. The summed E-state index contributed by atoms with van der Waals surface area (Å²) in [6.07, 6.45) is 1.41. The first kappa shape index (κ1) is 13.0. The van der Waals surface area contributed by atoms with Gasteiger partial charge in [0.2, 0.25) is 0 Å². The average molecular weight is 221 g/mol. The van der Waals surface area contributed by atoms with Crippen molar-refractivity contribution in [2.45, 2.75) is 33.3 Å². The molecule has 0 spiro atoms. The summed E-state index contributed by atoms with van der Waals surface area (Å²) in [5.74, 6) is 0.599. The van der Waals surface area contributed by atoms with Gasteiger partial charge in [0.15, 0.2) is 0 Å². The van der Waals surface area contributed by atoms with Gasteiger partial charge in [-0.2, -0.15) is 0 Å². The molecule has 1 aromatic carbocycles. The Labute approximate surface area is 99.0 Å². The van der Waals surface area contributed by atoms with Crippen LogP contribution >= 0.6 is 0 Å². The number of nitrogens with one attached hydrogen (secondary N) is 1. The second-order valence-corrected chi connectivity index (χ2v) is 4.47. The van der Waals surface area contributed by atoms with Gasteiger partial charge in [0.25, 0.3) is 0 Å². The predicted molar refractivity (Wildman–Crippen MR) is 69.8 cm³/mol. The zero-order chi connectivity index (χ0) is 11.8. The van der Waals surface area contributed by atoms with E-state index in [-0.39, 0.29) is 0 Å². The minimum absolute atomic E-state index is 0.358. The van der Waals surface area contributed by atoms with Crippen molar-refractivity contribution < 1.29 is 4.74 Å². The van der Waals surface area contributed by atoms with Crippen LogP contribution in [0.2, 0.25) is 0 Å². The van der Waals surface area contributed by atoms with Crippen LogP contribution in [-0.4, -0.2) is 19.3 Å².